The van der Waals surface area contributed by atoms with Crippen LogP contribution in [0.5, 0.6) is 0 Å². The highest BCUT2D eigenvalue weighted by Gasteiger charge is 2.01. The summed E-state index contributed by atoms with van der Waals surface area (Å²) in [5, 5.41) is 9.29. The Morgan fingerprint density at radius 1 is 1.25 bits per heavy atom. The summed E-state index contributed by atoms with van der Waals surface area (Å²) in [4.78, 5) is 0. The topological polar surface area (TPSA) is 38.7 Å². The van der Waals surface area contributed by atoms with Crippen molar-refractivity contribution < 1.29 is 14.6 Å². The Morgan fingerprint density at radius 3 is 2.69 bits per heavy atom. The number of aliphatic hydroxyl groups is 1. The summed E-state index contributed by atoms with van der Waals surface area (Å²) >= 11 is 0. The molecule has 3 nitrogen and oxygen atoms in total. The van der Waals surface area contributed by atoms with Gasteiger partial charge < -0.3 is 14.6 Å². The molecule has 0 aliphatic rings. The van der Waals surface area contributed by atoms with Gasteiger partial charge in [0.25, 0.3) is 0 Å². The fourth-order valence-corrected chi connectivity index (χ4v) is 1.26. The van der Waals surface area contributed by atoms with E-state index in [0.29, 0.717) is 19.8 Å². The third-order valence-corrected chi connectivity index (χ3v) is 1.99. The molecule has 1 aromatic rings. The fraction of sp³-hybridized carbons (Fsp3) is 0.385. The van der Waals surface area contributed by atoms with Crippen LogP contribution >= 0.6 is 0 Å². The summed E-state index contributed by atoms with van der Waals surface area (Å²) in [6, 6.07) is 10.0. The van der Waals surface area contributed by atoms with Crippen LogP contribution in [0.25, 0.3) is 6.08 Å². The fourth-order valence-electron chi connectivity index (χ4n) is 1.26. The van der Waals surface area contributed by atoms with Gasteiger partial charge in [0.15, 0.2) is 0 Å². The van der Waals surface area contributed by atoms with Crippen LogP contribution in [-0.2, 0) is 9.47 Å². The number of methoxy groups -OCH3 is 1. The first-order valence-corrected chi connectivity index (χ1v) is 5.29. The Labute approximate surface area is 96.3 Å². The summed E-state index contributed by atoms with van der Waals surface area (Å²) in [7, 11) is 1.55. The quantitative estimate of drug-likeness (QED) is 0.714. The molecule has 0 bridgehead atoms. The molecule has 0 aromatic heterocycles. The maximum Gasteiger partial charge on any atom is 0.101 e. The normalized spacial score (nSPS) is 13.1. The van der Waals surface area contributed by atoms with Gasteiger partial charge in [-0.15, -0.1) is 0 Å². The van der Waals surface area contributed by atoms with E-state index in [2.05, 4.69) is 0 Å². The Kier molecular flexibility index (Phi) is 6.49. The van der Waals surface area contributed by atoms with E-state index in [0.717, 1.165) is 5.56 Å². The molecule has 0 saturated heterocycles. The first kappa shape index (κ1) is 12.9. The van der Waals surface area contributed by atoms with E-state index in [1.807, 2.05) is 42.5 Å². The number of ether oxygens (including phenoxy) is 2. The minimum absolute atomic E-state index is 0.299. The minimum atomic E-state index is -0.546. The van der Waals surface area contributed by atoms with Crippen LogP contribution in [0.1, 0.15) is 5.56 Å². The zero-order valence-electron chi connectivity index (χ0n) is 9.50. The van der Waals surface area contributed by atoms with Crippen molar-refractivity contribution in [3.05, 3.63) is 42.0 Å². The van der Waals surface area contributed by atoms with Crippen molar-refractivity contribution >= 4 is 6.08 Å². The highest BCUT2D eigenvalue weighted by Crippen LogP contribution is 2.00. The van der Waals surface area contributed by atoms with Gasteiger partial charge in [0.05, 0.1) is 19.8 Å². The monoisotopic (exact) mass is 222 g/mol. The van der Waals surface area contributed by atoms with Crippen LogP contribution in [0.4, 0.5) is 0 Å². The molecule has 0 aliphatic heterocycles. The summed E-state index contributed by atoms with van der Waals surface area (Å²) < 4.78 is 10.0. The second-order valence-corrected chi connectivity index (χ2v) is 3.46. The van der Waals surface area contributed by atoms with Gasteiger partial charge >= 0.3 is 0 Å². The van der Waals surface area contributed by atoms with E-state index >= 15 is 0 Å². The summed E-state index contributed by atoms with van der Waals surface area (Å²) in [5.74, 6) is 0. The molecule has 0 radical (unpaired) electrons. The van der Waals surface area contributed by atoms with Crippen LogP contribution < -0.4 is 0 Å². The first-order valence-electron chi connectivity index (χ1n) is 5.29. The first-order chi connectivity index (χ1) is 7.83. The number of hydrogen-bond donors (Lipinski definition) is 1. The van der Waals surface area contributed by atoms with E-state index in [1.54, 1.807) is 7.11 Å². The van der Waals surface area contributed by atoms with Gasteiger partial charge in [-0.1, -0.05) is 42.5 Å². The average molecular weight is 222 g/mol. The van der Waals surface area contributed by atoms with E-state index in [4.69, 9.17) is 9.47 Å². The van der Waals surface area contributed by atoms with Crippen molar-refractivity contribution in [1.82, 2.24) is 0 Å². The zero-order valence-corrected chi connectivity index (χ0v) is 9.50. The van der Waals surface area contributed by atoms with Gasteiger partial charge in [0.1, 0.15) is 6.10 Å². The highest BCUT2D eigenvalue weighted by molar-refractivity contribution is 5.48. The smallest absolute Gasteiger partial charge is 0.101 e. The molecule has 1 atom stereocenters. The lowest BCUT2D eigenvalue weighted by Gasteiger charge is -2.08. The molecule has 1 rings (SSSR count). The Morgan fingerprint density at radius 2 is 2.00 bits per heavy atom. The van der Waals surface area contributed by atoms with Crippen LogP contribution in [0, 0.1) is 0 Å². The van der Waals surface area contributed by atoms with Crippen molar-refractivity contribution in [2.24, 2.45) is 0 Å². The molecule has 88 valence electrons. The molecule has 16 heavy (non-hydrogen) atoms. The number of rotatable bonds is 7. The summed E-state index contributed by atoms with van der Waals surface area (Å²) in [6.07, 6.45) is 3.37. The van der Waals surface area contributed by atoms with Gasteiger partial charge in [0, 0.05) is 7.11 Å². The number of aliphatic hydroxyl groups excluding tert-OH is 1. The molecular formula is C13H18O3. The molecule has 3 heteroatoms. The van der Waals surface area contributed by atoms with Gasteiger partial charge in [-0.25, -0.2) is 0 Å². The van der Waals surface area contributed by atoms with Crippen molar-refractivity contribution in [3.63, 3.8) is 0 Å². The molecule has 0 spiro atoms. The van der Waals surface area contributed by atoms with E-state index < -0.39 is 6.10 Å². The lowest BCUT2D eigenvalue weighted by Crippen LogP contribution is -2.20. The largest absolute Gasteiger partial charge is 0.388 e. The molecule has 1 N–H and O–H groups in total. The maximum absolute atomic E-state index is 9.29. The predicted molar refractivity (Wildman–Crippen MR) is 64.2 cm³/mol. The molecule has 0 heterocycles. The predicted octanol–water partition coefficient (Wildman–Crippen LogP) is 1.72. The Hall–Kier alpha value is -1.16. The van der Waals surface area contributed by atoms with E-state index in [1.165, 1.54) is 0 Å². The van der Waals surface area contributed by atoms with Crippen molar-refractivity contribution in [2.45, 2.75) is 6.10 Å². The Balaban J connectivity index is 2.14. The van der Waals surface area contributed by atoms with Crippen LogP contribution in [0.15, 0.2) is 36.4 Å². The number of benzene rings is 1. The summed E-state index contributed by atoms with van der Waals surface area (Å²) in [6.45, 7) is 1.10. The van der Waals surface area contributed by atoms with Crippen molar-refractivity contribution in [2.75, 3.05) is 26.9 Å². The molecule has 0 aliphatic carbocycles. The second-order valence-electron chi connectivity index (χ2n) is 3.46. The van der Waals surface area contributed by atoms with Gasteiger partial charge in [0.2, 0.25) is 0 Å². The van der Waals surface area contributed by atoms with Gasteiger partial charge in [-0.05, 0) is 5.56 Å². The molecule has 1 aromatic carbocycles. The van der Waals surface area contributed by atoms with Crippen LogP contribution in [0.2, 0.25) is 0 Å². The molecule has 0 fully saturated rings. The van der Waals surface area contributed by atoms with Crippen LogP contribution in [0.3, 0.4) is 0 Å². The lowest BCUT2D eigenvalue weighted by atomic mass is 10.2. The second kappa shape index (κ2) is 8.05. The Bertz CT molecular complexity index is 295. The number of hydrogen-bond acceptors (Lipinski definition) is 3. The molecule has 1 unspecified atom stereocenters. The van der Waals surface area contributed by atoms with Crippen LogP contribution in [-0.4, -0.2) is 38.1 Å². The molecule has 0 amide bonds. The van der Waals surface area contributed by atoms with E-state index in [-0.39, 0.29) is 0 Å². The minimum Gasteiger partial charge on any atom is -0.388 e. The zero-order chi connectivity index (χ0) is 11.6. The maximum atomic E-state index is 9.29. The van der Waals surface area contributed by atoms with E-state index in [9.17, 15) is 5.11 Å². The molecular weight excluding hydrogens is 204 g/mol. The van der Waals surface area contributed by atoms with Crippen molar-refractivity contribution in [1.29, 1.82) is 0 Å². The summed E-state index contributed by atoms with van der Waals surface area (Å²) in [5.41, 5.74) is 1.14. The average Bonchev–Trinajstić information content (AvgIpc) is 2.30. The van der Waals surface area contributed by atoms with Gasteiger partial charge in [-0.3, -0.25) is 0 Å². The third-order valence-electron chi connectivity index (χ3n) is 1.99. The lowest BCUT2D eigenvalue weighted by molar-refractivity contribution is 0.00126. The third kappa shape index (κ3) is 5.66. The van der Waals surface area contributed by atoms with Gasteiger partial charge in [-0.2, -0.15) is 0 Å². The standard InChI is InChI=1S/C13H18O3/c1-15-10-13(14)11-16-9-5-8-12-6-3-2-4-7-12/h2-8,13-14H,9-11H2,1H3. The molecule has 0 saturated carbocycles. The van der Waals surface area contributed by atoms with Crippen molar-refractivity contribution in [3.8, 4) is 0 Å². The SMILES string of the molecule is COCC(O)COCC=Cc1ccccc1. The highest BCUT2D eigenvalue weighted by atomic mass is 16.5.